The van der Waals surface area contributed by atoms with Gasteiger partial charge in [-0.3, -0.25) is 4.79 Å². The third-order valence-electron chi connectivity index (χ3n) is 2.42. The van der Waals surface area contributed by atoms with Gasteiger partial charge >= 0.3 is 12.1 Å². The summed E-state index contributed by atoms with van der Waals surface area (Å²) in [5.74, 6) is -2.15. The smallest absolute Gasteiger partial charge is 0.405 e. The molecular formula is C11H15F3N4O3. The Morgan fingerprint density at radius 1 is 1.38 bits per heavy atom. The maximum absolute atomic E-state index is 12.0. The number of carbonyl (C=O) groups is 2. The summed E-state index contributed by atoms with van der Waals surface area (Å²) in [6.45, 7) is 1.68. The van der Waals surface area contributed by atoms with Gasteiger partial charge in [-0.15, -0.1) is 5.10 Å². The fourth-order valence-electron chi connectivity index (χ4n) is 1.61. The number of hydrogen-bond acceptors (Lipinski definition) is 4. The first-order valence-corrected chi connectivity index (χ1v) is 6.09. The number of aromatic carboxylic acids is 1. The van der Waals surface area contributed by atoms with Crippen LogP contribution in [0.5, 0.6) is 0 Å². The topological polar surface area (TPSA) is 97.1 Å². The molecule has 0 saturated carbocycles. The van der Waals surface area contributed by atoms with Crippen LogP contribution in [0.15, 0.2) is 0 Å². The van der Waals surface area contributed by atoms with Crippen LogP contribution in [0.1, 0.15) is 30.0 Å². The molecule has 0 aliphatic heterocycles. The number of amides is 1. The second-order valence-corrected chi connectivity index (χ2v) is 4.84. The number of aromatic nitrogens is 3. The minimum Gasteiger partial charge on any atom is -0.476 e. The lowest BCUT2D eigenvalue weighted by Gasteiger charge is -2.11. The third-order valence-corrected chi connectivity index (χ3v) is 2.42. The van der Waals surface area contributed by atoms with Crippen molar-refractivity contribution in [2.75, 3.05) is 6.54 Å². The van der Waals surface area contributed by atoms with Gasteiger partial charge < -0.3 is 10.4 Å². The van der Waals surface area contributed by atoms with Gasteiger partial charge in [-0.05, 0) is 12.3 Å². The summed E-state index contributed by atoms with van der Waals surface area (Å²) in [6.07, 6.45) is -4.22. The number of nitrogens with one attached hydrogen (secondary N) is 1. The molecule has 0 spiro atoms. The van der Waals surface area contributed by atoms with E-state index in [9.17, 15) is 22.8 Å². The Hall–Kier alpha value is -2.13. The molecule has 0 aliphatic rings. The molecular weight excluding hydrogens is 293 g/mol. The van der Waals surface area contributed by atoms with Crippen LogP contribution >= 0.6 is 0 Å². The monoisotopic (exact) mass is 308 g/mol. The lowest BCUT2D eigenvalue weighted by Crippen LogP contribution is -2.36. The van der Waals surface area contributed by atoms with Gasteiger partial charge in [-0.2, -0.15) is 13.2 Å². The maximum Gasteiger partial charge on any atom is 0.405 e. The van der Waals surface area contributed by atoms with Crippen LogP contribution in [0.25, 0.3) is 0 Å². The number of nitrogens with zero attached hydrogens (tertiary/aromatic N) is 3. The first-order valence-electron chi connectivity index (χ1n) is 6.09. The standard InChI is InChI=1S/C11H15F3N4O3/c1-6(2)3-7-9(10(20)21)16-17-18(7)4-8(19)15-5-11(12,13)14/h6H,3-5H2,1-2H3,(H,15,19)(H,20,21). The molecule has 0 atom stereocenters. The molecule has 0 unspecified atom stereocenters. The number of rotatable bonds is 6. The molecule has 0 aliphatic carbocycles. The van der Waals surface area contributed by atoms with Crippen LogP contribution in [0.2, 0.25) is 0 Å². The molecule has 118 valence electrons. The number of halogens is 3. The minimum atomic E-state index is -4.51. The van der Waals surface area contributed by atoms with Gasteiger partial charge in [-0.25, -0.2) is 9.48 Å². The van der Waals surface area contributed by atoms with Crippen molar-refractivity contribution in [3.05, 3.63) is 11.4 Å². The van der Waals surface area contributed by atoms with E-state index < -0.39 is 31.1 Å². The van der Waals surface area contributed by atoms with Crippen molar-refractivity contribution in [3.8, 4) is 0 Å². The molecule has 2 N–H and O–H groups in total. The summed E-state index contributed by atoms with van der Waals surface area (Å²) >= 11 is 0. The number of hydrogen-bond donors (Lipinski definition) is 2. The van der Waals surface area contributed by atoms with Gasteiger partial charge in [0.2, 0.25) is 5.91 Å². The third kappa shape index (κ3) is 5.40. The lowest BCUT2D eigenvalue weighted by molar-refractivity contribution is -0.138. The highest BCUT2D eigenvalue weighted by molar-refractivity contribution is 5.86. The first kappa shape index (κ1) is 16.9. The SMILES string of the molecule is CC(C)Cc1c(C(=O)O)nnn1CC(=O)NCC(F)(F)F. The highest BCUT2D eigenvalue weighted by Crippen LogP contribution is 2.13. The van der Waals surface area contributed by atoms with E-state index in [-0.39, 0.29) is 17.3 Å². The fraction of sp³-hybridized carbons (Fsp3) is 0.636. The van der Waals surface area contributed by atoms with Gasteiger partial charge in [0, 0.05) is 0 Å². The lowest BCUT2D eigenvalue weighted by atomic mass is 10.1. The van der Waals surface area contributed by atoms with Crippen molar-refractivity contribution in [3.63, 3.8) is 0 Å². The summed E-state index contributed by atoms with van der Waals surface area (Å²) in [5, 5.41) is 17.6. The number of carboxylic acids is 1. The molecule has 0 fully saturated rings. The zero-order valence-electron chi connectivity index (χ0n) is 11.4. The van der Waals surface area contributed by atoms with Crippen molar-refractivity contribution in [2.24, 2.45) is 5.92 Å². The molecule has 1 amide bonds. The summed E-state index contributed by atoms with van der Waals surface area (Å²) in [4.78, 5) is 22.4. The number of carbonyl (C=O) groups excluding carboxylic acids is 1. The van der Waals surface area contributed by atoms with E-state index in [0.29, 0.717) is 6.42 Å². The van der Waals surface area contributed by atoms with Crippen molar-refractivity contribution in [1.82, 2.24) is 20.3 Å². The van der Waals surface area contributed by atoms with E-state index in [1.165, 1.54) is 0 Å². The van der Waals surface area contributed by atoms with E-state index in [1.807, 2.05) is 13.8 Å². The minimum absolute atomic E-state index is 0.0681. The van der Waals surface area contributed by atoms with Crippen LogP contribution in [0.4, 0.5) is 13.2 Å². The zero-order valence-corrected chi connectivity index (χ0v) is 11.4. The summed E-state index contributed by atoms with van der Waals surface area (Å²) in [5.41, 5.74) is -0.0908. The molecule has 0 bridgehead atoms. The Balaban J connectivity index is 2.83. The van der Waals surface area contributed by atoms with Crippen LogP contribution in [0.3, 0.4) is 0 Å². The quantitative estimate of drug-likeness (QED) is 0.812. The van der Waals surface area contributed by atoms with E-state index in [4.69, 9.17) is 5.11 Å². The Bertz CT molecular complexity index is 525. The molecule has 1 rings (SSSR count). The normalized spacial score (nSPS) is 11.7. The van der Waals surface area contributed by atoms with E-state index in [0.717, 1.165) is 4.68 Å². The highest BCUT2D eigenvalue weighted by Gasteiger charge is 2.28. The van der Waals surface area contributed by atoms with Crippen LogP contribution < -0.4 is 5.32 Å². The van der Waals surface area contributed by atoms with Crippen molar-refractivity contribution in [2.45, 2.75) is 33.0 Å². The second kappa shape index (κ2) is 6.55. The molecule has 7 nitrogen and oxygen atoms in total. The Labute approximate surface area is 118 Å². The second-order valence-electron chi connectivity index (χ2n) is 4.84. The van der Waals surface area contributed by atoms with Crippen LogP contribution in [0, 0.1) is 5.92 Å². The maximum atomic E-state index is 12.0. The molecule has 1 aromatic heterocycles. The Morgan fingerprint density at radius 3 is 2.48 bits per heavy atom. The Morgan fingerprint density at radius 2 is 2.00 bits per heavy atom. The average Bonchev–Trinajstić information content (AvgIpc) is 2.68. The van der Waals surface area contributed by atoms with E-state index in [1.54, 1.807) is 5.32 Å². The molecule has 0 saturated heterocycles. The zero-order chi connectivity index (χ0) is 16.2. The van der Waals surface area contributed by atoms with Gasteiger partial charge in [0.05, 0.1) is 5.69 Å². The first-order chi connectivity index (χ1) is 9.60. The summed E-state index contributed by atoms with van der Waals surface area (Å²) < 4.78 is 37.0. The predicted molar refractivity (Wildman–Crippen MR) is 64.6 cm³/mol. The molecule has 0 radical (unpaired) electrons. The molecule has 1 heterocycles. The van der Waals surface area contributed by atoms with Crippen molar-refractivity contribution in [1.29, 1.82) is 0 Å². The molecule has 10 heteroatoms. The predicted octanol–water partition coefficient (Wildman–Crippen LogP) is 0.853. The summed E-state index contributed by atoms with van der Waals surface area (Å²) in [7, 11) is 0. The largest absolute Gasteiger partial charge is 0.476 e. The van der Waals surface area contributed by atoms with Gasteiger partial charge in [0.1, 0.15) is 13.1 Å². The molecule has 0 aromatic carbocycles. The van der Waals surface area contributed by atoms with Gasteiger partial charge in [0.25, 0.3) is 0 Å². The van der Waals surface area contributed by atoms with E-state index >= 15 is 0 Å². The average molecular weight is 308 g/mol. The van der Waals surface area contributed by atoms with E-state index in [2.05, 4.69) is 10.3 Å². The highest BCUT2D eigenvalue weighted by atomic mass is 19.4. The number of carboxylic acid groups (broad SMARTS) is 1. The number of alkyl halides is 3. The van der Waals surface area contributed by atoms with Gasteiger partial charge in [0.15, 0.2) is 5.69 Å². The summed E-state index contributed by atoms with van der Waals surface area (Å²) in [6, 6.07) is 0. The molecule has 21 heavy (non-hydrogen) atoms. The molecule has 1 aromatic rings. The Kier molecular flexibility index (Phi) is 5.28. The van der Waals surface area contributed by atoms with Crippen LogP contribution in [-0.2, 0) is 17.8 Å². The van der Waals surface area contributed by atoms with Crippen LogP contribution in [-0.4, -0.2) is 44.7 Å². The van der Waals surface area contributed by atoms with Crippen molar-refractivity contribution >= 4 is 11.9 Å². The fourth-order valence-corrected chi connectivity index (χ4v) is 1.61. The van der Waals surface area contributed by atoms with Crippen molar-refractivity contribution < 1.29 is 27.9 Å². The van der Waals surface area contributed by atoms with Gasteiger partial charge in [-0.1, -0.05) is 19.1 Å².